The Morgan fingerprint density at radius 2 is 1.79 bits per heavy atom. The van der Waals surface area contributed by atoms with Crippen LogP contribution < -0.4 is 33.4 Å². The van der Waals surface area contributed by atoms with Gasteiger partial charge in [-0.3, -0.25) is 0 Å². The molecule has 0 radical (unpaired) electrons. The van der Waals surface area contributed by atoms with E-state index in [0.29, 0.717) is 0 Å². The highest BCUT2D eigenvalue weighted by molar-refractivity contribution is 7.12. The maximum Gasteiger partial charge on any atom is 0.268 e. The van der Waals surface area contributed by atoms with Gasteiger partial charge in [-0.05, 0) is 30.7 Å². The maximum atomic E-state index is 2.32. The Bertz CT molecular complexity index is 517. The molecule has 0 aliphatic heterocycles. The summed E-state index contributed by atoms with van der Waals surface area (Å²) in [5.41, 5.74) is 3.97. The van der Waals surface area contributed by atoms with Crippen LogP contribution in [0.4, 0.5) is 5.69 Å². The van der Waals surface area contributed by atoms with Crippen LogP contribution in [0.3, 0.4) is 0 Å². The molecule has 0 fully saturated rings. The summed E-state index contributed by atoms with van der Waals surface area (Å²) >= 11 is 1.83. The summed E-state index contributed by atoms with van der Waals surface area (Å²) in [6.07, 6.45) is 2.35. The van der Waals surface area contributed by atoms with Crippen LogP contribution in [-0.2, 0) is 13.5 Å². The van der Waals surface area contributed by atoms with Gasteiger partial charge >= 0.3 is 0 Å². The van der Waals surface area contributed by atoms with Gasteiger partial charge in [0.15, 0.2) is 5.69 Å². The Labute approximate surface area is 137 Å². The minimum absolute atomic E-state index is 0. The highest BCUT2D eigenvalue weighted by atomic mass is 127. The first-order valence-electron chi connectivity index (χ1n) is 6.37. The smallest absolute Gasteiger partial charge is 0.268 e. The molecule has 1 aromatic heterocycles. The molecule has 4 heteroatoms. The molecule has 0 unspecified atom stereocenters. The predicted octanol–water partition coefficient (Wildman–Crippen LogP) is 0.262. The van der Waals surface area contributed by atoms with E-state index in [2.05, 4.69) is 67.2 Å². The van der Waals surface area contributed by atoms with Crippen molar-refractivity contribution in [1.29, 1.82) is 0 Å². The zero-order valence-electron chi connectivity index (χ0n) is 12.0. The molecule has 0 aliphatic carbocycles. The van der Waals surface area contributed by atoms with Crippen LogP contribution in [0.5, 0.6) is 0 Å². The van der Waals surface area contributed by atoms with Gasteiger partial charge in [-0.1, -0.05) is 18.3 Å². The number of aromatic nitrogens is 1. The molecule has 0 saturated carbocycles. The van der Waals surface area contributed by atoms with Crippen LogP contribution in [0.25, 0.3) is 10.6 Å². The van der Waals surface area contributed by atoms with E-state index in [0.717, 1.165) is 6.42 Å². The first kappa shape index (κ1) is 16.4. The Balaban J connectivity index is 0.00000180. The van der Waals surface area contributed by atoms with E-state index in [1.54, 1.807) is 0 Å². The predicted molar refractivity (Wildman–Crippen MR) is 79.3 cm³/mol. The fourth-order valence-electron chi connectivity index (χ4n) is 2.06. The number of anilines is 1. The zero-order chi connectivity index (χ0) is 13.1. The molecular weight excluding hydrogens is 367 g/mol. The van der Waals surface area contributed by atoms with Crippen molar-refractivity contribution >= 4 is 17.0 Å². The first-order chi connectivity index (χ1) is 8.63. The van der Waals surface area contributed by atoms with Crippen molar-refractivity contribution in [2.45, 2.75) is 19.8 Å². The van der Waals surface area contributed by atoms with Gasteiger partial charge in [-0.2, -0.15) is 4.57 Å². The number of nitrogens with zero attached hydrogens (tertiary/aromatic N) is 2. The van der Waals surface area contributed by atoms with Crippen LogP contribution in [0.1, 0.15) is 19.0 Å². The van der Waals surface area contributed by atoms with Crippen molar-refractivity contribution in [2.24, 2.45) is 7.05 Å². The molecule has 0 spiro atoms. The fraction of sp³-hybridized carbons (Fsp3) is 0.400. The van der Waals surface area contributed by atoms with Gasteiger partial charge in [0, 0.05) is 26.2 Å². The Morgan fingerprint density at radius 3 is 2.32 bits per heavy atom. The average Bonchev–Trinajstić information content (AvgIpc) is 2.72. The number of hydrogen-bond donors (Lipinski definition) is 0. The summed E-state index contributed by atoms with van der Waals surface area (Å²) in [6.45, 7) is 2.23. The van der Waals surface area contributed by atoms with E-state index in [1.807, 2.05) is 11.3 Å². The fourth-order valence-corrected chi connectivity index (χ4v) is 3.13. The second kappa shape index (κ2) is 7.24. The van der Waals surface area contributed by atoms with Crippen molar-refractivity contribution < 1.29 is 28.5 Å². The van der Waals surface area contributed by atoms with Gasteiger partial charge in [-0.15, -0.1) is 0 Å². The summed E-state index contributed by atoms with van der Waals surface area (Å²) in [5, 5.41) is 3.61. The monoisotopic (exact) mass is 388 g/mol. The van der Waals surface area contributed by atoms with E-state index >= 15 is 0 Å². The molecule has 2 nitrogen and oxygen atoms in total. The third kappa shape index (κ3) is 3.69. The lowest BCUT2D eigenvalue weighted by atomic mass is 10.2. The number of rotatable bonds is 4. The molecule has 0 saturated heterocycles. The largest absolute Gasteiger partial charge is 1.00 e. The van der Waals surface area contributed by atoms with E-state index in [9.17, 15) is 0 Å². The van der Waals surface area contributed by atoms with Gasteiger partial charge < -0.3 is 28.9 Å². The van der Waals surface area contributed by atoms with Crippen LogP contribution >= 0.6 is 11.3 Å². The van der Waals surface area contributed by atoms with Gasteiger partial charge in [-0.25, -0.2) is 0 Å². The Kier molecular flexibility index (Phi) is 6.26. The molecule has 19 heavy (non-hydrogen) atoms. The standard InChI is InChI=1S/C15H21N2S.HI/c1-5-6-14-11-18-15(17(14)4)12-7-9-13(10-8-12)16(2)3;/h7-11H,5-6H2,1-4H3;1H/q+1;/p-1. The van der Waals surface area contributed by atoms with Crippen molar-refractivity contribution in [2.75, 3.05) is 19.0 Å². The van der Waals surface area contributed by atoms with Gasteiger partial charge in [0.1, 0.15) is 7.05 Å². The quantitative estimate of drug-likeness (QED) is 0.539. The molecule has 0 bridgehead atoms. The lowest BCUT2D eigenvalue weighted by molar-refractivity contribution is -0.663. The van der Waals surface area contributed by atoms with Crippen LogP contribution in [0, 0.1) is 0 Å². The molecule has 1 aromatic carbocycles. The zero-order valence-corrected chi connectivity index (χ0v) is 15.0. The average molecular weight is 388 g/mol. The van der Waals surface area contributed by atoms with Crippen LogP contribution in [0.2, 0.25) is 0 Å². The second-order valence-corrected chi connectivity index (χ2v) is 5.64. The number of aryl methyl sites for hydroxylation is 1. The SMILES string of the molecule is CCCc1csc(-c2ccc(N(C)C)cc2)[n+]1C.[I-]. The molecule has 0 N–H and O–H groups in total. The minimum atomic E-state index is 0. The number of thiazole rings is 1. The third-order valence-corrected chi connectivity index (χ3v) is 4.30. The second-order valence-electron chi connectivity index (χ2n) is 4.78. The molecule has 2 aromatic rings. The van der Waals surface area contributed by atoms with E-state index in [-0.39, 0.29) is 24.0 Å². The molecule has 0 amide bonds. The van der Waals surface area contributed by atoms with E-state index < -0.39 is 0 Å². The van der Waals surface area contributed by atoms with Gasteiger partial charge in [0.25, 0.3) is 5.01 Å². The van der Waals surface area contributed by atoms with Gasteiger partial charge in [0.05, 0.1) is 10.9 Å². The highest BCUT2D eigenvalue weighted by Gasteiger charge is 2.17. The number of benzene rings is 1. The lowest BCUT2D eigenvalue weighted by Crippen LogP contribution is -3.00. The van der Waals surface area contributed by atoms with Crippen molar-refractivity contribution in [1.82, 2.24) is 0 Å². The highest BCUT2D eigenvalue weighted by Crippen LogP contribution is 2.24. The maximum absolute atomic E-state index is 2.32. The summed E-state index contributed by atoms with van der Waals surface area (Å²) in [7, 11) is 6.30. The molecule has 1 heterocycles. The molecule has 2 rings (SSSR count). The van der Waals surface area contributed by atoms with Crippen LogP contribution in [-0.4, -0.2) is 14.1 Å². The van der Waals surface area contributed by atoms with Crippen molar-refractivity contribution in [3.05, 3.63) is 35.3 Å². The third-order valence-electron chi connectivity index (χ3n) is 3.18. The normalized spacial score (nSPS) is 10.1. The first-order valence-corrected chi connectivity index (χ1v) is 7.25. The molecule has 0 aliphatic rings. The summed E-state index contributed by atoms with van der Waals surface area (Å²) in [5.74, 6) is 0. The summed E-state index contributed by atoms with van der Waals surface area (Å²) in [6, 6.07) is 8.76. The minimum Gasteiger partial charge on any atom is -1.00 e. The number of hydrogen-bond acceptors (Lipinski definition) is 2. The topological polar surface area (TPSA) is 7.12 Å². The molecule has 104 valence electrons. The van der Waals surface area contributed by atoms with Crippen molar-refractivity contribution in [3.8, 4) is 10.6 Å². The summed E-state index contributed by atoms with van der Waals surface area (Å²) in [4.78, 5) is 2.13. The Hall–Kier alpha value is -0.620. The van der Waals surface area contributed by atoms with E-state index in [4.69, 9.17) is 0 Å². The lowest BCUT2D eigenvalue weighted by Gasteiger charge is -2.11. The number of halogens is 1. The Morgan fingerprint density at radius 1 is 1.16 bits per heavy atom. The van der Waals surface area contributed by atoms with Crippen molar-refractivity contribution in [3.63, 3.8) is 0 Å². The van der Waals surface area contributed by atoms with Crippen LogP contribution in [0.15, 0.2) is 29.6 Å². The van der Waals surface area contributed by atoms with E-state index in [1.165, 1.54) is 28.4 Å². The van der Waals surface area contributed by atoms with Gasteiger partial charge in [0.2, 0.25) is 0 Å². The summed E-state index contributed by atoms with van der Waals surface area (Å²) < 4.78 is 2.32. The molecular formula is C15H21IN2S. The molecule has 0 atom stereocenters.